The minimum Gasteiger partial charge on any atom is -0.314 e. The van der Waals surface area contributed by atoms with Crippen molar-refractivity contribution in [2.24, 2.45) is 11.8 Å². The van der Waals surface area contributed by atoms with E-state index in [2.05, 4.69) is 31.5 Å². The molecule has 1 aromatic rings. The molecule has 0 aliphatic heterocycles. The topological polar surface area (TPSA) is 24.9 Å². The molecule has 3 heteroatoms. The SMILES string of the molecule is CC(C)(C)c1csc(CC(CNC2CC2)C2CCCC2)n1. The van der Waals surface area contributed by atoms with Gasteiger partial charge in [-0.1, -0.05) is 46.5 Å². The van der Waals surface area contributed by atoms with Crippen LogP contribution in [0.3, 0.4) is 0 Å². The van der Waals surface area contributed by atoms with Crippen LogP contribution in [0, 0.1) is 11.8 Å². The van der Waals surface area contributed by atoms with Crippen LogP contribution >= 0.6 is 11.3 Å². The molecule has 2 saturated carbocycles. The van der Waals surface area contributed by atoms with E-state index in [4.69, 9.17) is 4.98 Å². The Kier molecular flexibility index (Phi) is 4.70. The molecule has 0 bridgehead atoms. The fourth-order valence-electron chi connectivity index (χ4n) is 3.41. The first-order valence-electron chi connectivity index (χ1n) is 8.70. The molecule has 0 amide bonds. The summed E-state index contributed by atoms with van der Waals surface area (Å²) in [5.41, 5.74) is 1.45. The highest BCUT2D eigenvalue weighted by Crippen LogP contribution is 2.35. The largest absolute Gasteiger partial charge is 0.314 e. The molecule has 0 radical (unpaired) electrons. The first kappa shape index (κ1) is 15.5. The van der Waals surface area contributed by atoms with Gasteiger partial charge in [0.2, 0.25) is 0 Å². The molecule has 2 aliphatic rings. The zero-order chi connectivity index (χ0) is 14.9. The third kappa shape index (κ3) is 4.29. The summed E-state index contributed by atoms with van der Waals surface area (Å²) in [6.45, 7) is 7.98. The van der Waals surface area contributed by atoms with E-state index < -0.39 is 0 Å². The van der Waals surface area contributed by atoms with Crippen molar-refractivity contribution < 1.29 is 0 Å². The van der Waals surface area contributed by atoms with Gasteiger partial charge in [-0.15, -0.1) is 11.3 Å². The summed E-state index contributed by atoms with van der Waals surface area (Å²) in [5, 5.41) is 7.40. The highest BCUT2D eigenvalue weighted by molar-refractivity contribution is 7.09. The Morgan fingerprint density at radius 1 is 1.24 bits per heavy atom. The summed E-state index contributed by atoms with van der Waals surface area (Å²) in [6, 6.07) is 0.829. The molecular formula is C18H30N2S. The third-order valence-corrected chi connectivity index (χ3v) is 5.94. The lowest BCUT2D eigenvalue weighted by molar-refractivity contribution is 0.319. The Labute approximate surface area is 133 Å². The minimum atomic E-state index is 0.184. The van der Waals surface area contributed by atoms with Crippen molar-refractivity contribution in [3.63, 3.8) is 0 Å². The van der Waals surface area contributed by atoms with Crippen molar-refractivity contribution in [3.8, 4) is 0 Å². The van der Waals surface area contributed by atoms with Crippen molar-refractivity contribution in [2.75, 3.05) is 6.54 Å². The van der Waals surface area contributed by atoms with Crippen LogP contribution in [0.2, 0.25) is 0 Å². The molecule has 2 nitrogen and oxygen atoms in total. The molecule has 118 valence electrons. The van der Waals surface area contributed by atoms with E-state index in [1.807, 2.05) is 11.3 Å². The van der Waals surface area contributed by atoms with Gasteiger partial charge in [-0.25, -0.2) is 4.98 Å². The first-order valence-corrected chi connectivity index (χ1v) is 9.58. The van der Waals surface area contributed by atoms with Crippen LogP contribution in [0.25, 0.3) is 0 Å². The number of hydrogen-bond donors (Lipinski definition) is 1. The van der Waals surface area contributed by atoms with Crippen molar-refractivity contribution in [1.82, 2.24) is 10.3 Å². The summed E-state index contributed by atoms with van der Waals surface area (Å²) in [7, 11) is 0. The highest BCUT2D eigenvalue weighted by atomic mass is 32.1. The van der Waals surface area contributed by atoms with Gasteiger partial charge in [-0.05, 0) is 31.2 Å². The molecule has 2 fully saturated rings. The average Bonchev–Trinajstić information content (AvgIpc) is 2.92. The maximum atomic E-state index is 4.93. The van der Waals surface area contributed by atoms with Crippen LogP contribution in [0.5, 0.6) is 0 Å². The molecule has 3 rings (SSSR count). The van der Waals surface area contributed by atoms with Crippen molar-refractivity contribution >= 4 is 11.3 Å². The normalized spacial score (nSPS) is 21.9. The van der Waals surface area contributed by atoms with Gasteiger partial charge in [0.1, 0.15) is 0 Å². The van der Waals surface area contributed by atoms with E-state index in [-0.39, 0.29) is 5.41 Å². The minimum absolute atomic E-state index is 0.184. The lowest BCUT2D eigenvalue weighted by Crippen LogP contribution is -2.30. The van der Waals surface area contributed by atoms with Gasteiger partial charge in [0.25, 0.3) is 0 Å². The van der Waals surface area contributed by atoms with Gasteiger partial charge >= 0.3 is 0 Å². The van der Waals surface area contributed by atoms with Gasteiger partial charge < -0.3 is 5.32 Å². The monoisotopic (exact) mass is 306 g/mol. The number of nitrogens with zero attached hydrogens (tertiary/aromatic N) is 1. The smallest absolute Gasteiger partial charge is 0.0931 e. The lowest BCUT2D eigenvalue weighted by Gasteiger charge is -2.23. The van der Waals surface area contributed by atoms with Gasteiger partial charge in [0, 0.05) is 23.3 Å². The van der Waals surface area contributed by atoms with E-state index in [9.17, 15) is 0 Å². The maximum Gasteiger partial charge on any atom is 0.0931 e. The second kappa shape index (κ2) is 6.37. The number of thiazole rings is 1. The Bertz CT molecular complexity index is 450. The predicted octanol–water partition coefficient (Wildman–Crippen LogP) is 4.54. The van der Waals surface area contributed by atoms with Crippen molar-refractivity contribution in [2.45, 2.75) is 77.2 Å². The zero-order valence-electron chi connectivity index (χ0n) is 13.8. The lowest BCUT2D eigenvalue weighted by atomic mass is 9.88. The molecule has 0 aromatic carbocycles. The van der Waals surface area contributed by atoms with Gasteiger partial charge in [0.05, 0.1) is 10.7 Å². The van der Waals surface area contributed by atoms with Gasteiger partial charge in [-0.3, -0.25) is 0 Å². The number of aromatic nitrogens is 1. The second-order valence-corrected chi connectivity index (χ2v) is 9.01. The molecule has 0 saturated heterocycles. The van der Waals surface area contributed by atoms with Crippen LogP contribution in [0.4, 0.5) is 0 Å². The Balaban J connectivity index is 1.63. The number of nitrogens with one attached hydrogen (secondary N) is 1. The second-order valence-electron chi connectivity index (χ2n) is 8.07. The molecule has 0 spiro atoms. The molecule has 1 heterocycles. The van der Waals surface area contributed by atoms with Crippen LogP contribution < -0.4 is 5.32 Å². The van der Waals surface area contributed by atoms with Crippen LogP contribution in [0.1, 0.15) is 70.0 Å². The van der Waals surface area contributed by atoms with Gasteiger partial charge in [0.15, 0.2) is 0 Å². The van der Waals surface area contributed by atoms with Crippen LogP contribution in [-0.4, -0.2) is 17.6 Å². The van der Waals surface area contributed by atoms with E-state index in [1.54, 1.807) is 0 Å². The fraction of sp³-hybridized carbons (Fsp3) is 0.833. The summed E-state index contributed by atoms with van der Waals surface area (Å²) in [5.74, 6) is 1.73. The van der Waals surface area contributed by atoms with Crippen molar-refractivity contribution in [3.05, 3.63) is 16.1 Å². The average molecular weight is 307 g/mol. The zero-order valence-corrected chi connectivity index (χ0v) is 14.6. The molecular weight excluding hydrogens is 276 g/mol. The molecule has 1 aromatic heterocycles. The summed E-state index contributed by atoms with van der Waals surface area (Å²) < 4.78 is 0. The number of hydrogen-bond acceptors (Lipinski definition) is 3. The Morgan fingerprint density at radius 3 is 2.52 bits per heavy atom. The molecule has 21 heavy (non-hydrogen) atoms. The van der Waals surface area contributed by atoms with E-state index in [0.717, 1.165) is 17.9 Å². The Morgan fingerprint density at radius 2 is 1.95 bits per heavy atom. The molecule has 1 atom stereocenters. The maximum absolute atomic E-state index is 4.93. The summed E-state index contributed by atoms with van der Waals surface area (Å²) >= 11 is 1.87. The molecule has 2 aliphatic carbocycles. The summed E-state index contributed by atoms with van der Waals surface area (Å²) in [6.07, 6.45) is 9.73. The quantitative estimate of drug-likeness (QED) is 0.834. The van der Waals surface area contributed by atoms with Crippen LogP contribution in [0.15, 0.2) is 5.38 Å². The molecule has 1 unspecified atom stereocenters. The number of rotatable bonds is 6. The van der Waals surface area contributed by atoms with Gasteiger partial charge in [-0.2, -0.15) is 0 Å². The first-order chi connectivity index (χ1) is 10.0. The molecule has 1 N–H and O–H groups in total. The summed E-state index contributed by atoms with van der Waals surface area (Å²) in [4.78, 5) is 4.93. The predicted molar refractivity (Wildman–Crippen MR) is 91.0 cm³/mol. The van der Waals surface area contributed by atoms with E-state index in [1.165, 1.54) is 62.2 Å². The highest BCUT2D eigenvalue weighted by Gasteiger charge is 2.29. The van der Waals surface area contributed by atoms with E-state index >= 15 is 0 Å². The van der Waals surface area contributed by atoms with Crippen LogP contribution in [-0.2, 0) is 11.8 Å². The van der Waals surface area contributed by atoms with Crippen molar-refractivity contribution in [1.29, 1.82) is 0 Å². The standard InChI is InChI=1S/C18H30N2S/c1-18(2,3)16-12-21-17(20-16)10-14(11-19-15-8-9-15)13-6-4-5-7-13/h12-15,19H,4-11H2,1-3H3. The third-order valence-electron chi connectivity index (χ3n) is 5.07. The fourth-order valence-corrected chi connectivity index (χ4v) is 4.53. The van der Waals surface area contributed by atoms with E-state index in [0.29, 0.717) is 0 Å². The Hall–Kier alpha value is -0.410.